The maximum Gasteiger partial charge on any atom is 0.249 e. The highest BCUT2D eigenvalue weighted by atomic mass is 79.9. The number of benzene rings is 2. The second-order valence-electron chi connectivity index (χ2n) is 5.88. The summed E-state index contributed by atoms with van der Waals surface area (Å²) < 4.78 is 6.41. The van der Waals surface area contributed by atoms with Crippen molar-refractivity contribution in [1.82, 2.24) is 5.43 Å². The number of hydrazone groups is 1. The van der Waals surface area contributed by atoms with Crippen LogP contribution in [0.4, 0.5) is 5.69 Å². The standard InChI is InChI=1S/C19H19BrClN3O3/c1-12(2)27-17-8-3-13(9-16(17)20)11-22-24-19(26)10-18(25)23-15-6-4-14(21)5-7-15/h3-9,11-12H,10H2,1-2H3,(H,23,25)(H,24,26). The van der Waals surface area contributed by atoms with Gasteiger partial charge in [0.15, 0.2) is 0 Å². The highest BCUT2D eigenvalue weighted by Gasteiger charge is 2.09. The summed E-state index contributed by atoms with van der Waals surface area (Å²) in [5, 5.41) is 7.03. The normalized spacial score (nSPS) is 10.9. The Morgan fingerprint density at radius 1 is 1.19 bits per heavy atom. The molecule has 0 saturated heterocycles. The van der Waals surface area contributed by atoms with Crippen LogP contribution in [0.3, 0.4) is 0 Å². The Morgan fingerprint density at radius 2 is 1.89 bits per heavy atom. The zero-order chi connectivity index (χ0) is 19.8. The van der Waals surface area contributed by atoms with E-state index in [0.717, 1.165) is 15.8 Å². The van der Waals surface area contributed by atoms with Crippen LogP contribution in [-0.4, -0.2) is 24.1 Å². The minimum atomic E-state index is -0.517. The van der Waals surface area contributed by atoms with Crippen molar-refractivity contribution >= 4 is 51.2 Å². The van der Waals surface area contributed by atoms with Crippen LogP contribution in [-0.2, 0) is 9.59 Å². The molecule has 27 heavy (non-hydrogen) atoms. The molecule has 2 aromatic rings. The fraction of sp³-hybridized carbons (Fsp3) is 0.211. The molecular weight excluding hydrogens is 434 g/mol. The lowest BCUT2D eigenvalue weighted by atomic mass is 10.2. The van der Waals surface area contributed by atoms with E-state index in [1.54, 1.807) is 24.3 Å². The molecule has 0 unspecified atom stereocenters. The molecule has 0 aliphatic carbocycles. The van der Waals surface area contributed by atoms with Crippen molar-refractivity contribution in [3.05, 3.63) is 57.5 Å². The van der Waals surface area contributed by atoms with Crippen molar-refractivity contribution in [2.75, 3.05) is 5.32 Å². The summed E-state index contributed by atoms with van der Waals surface area (Å²) in [7, 11) is 0. The van der Waals surface area contributed by atoms with Crippen LogP contribution in [0.5, 0.6) is 5.75 Å². The smallest absolute Gasteiger partial charge is 0.249 e. The van der Waals surface area contributed by atoms with Crippen LogP contribution < -0.4 is 15.5 Å². The second-order valence-corrected chi connectivity index (χ2v) is 7.17. The first-order valence-electron chi connectivity index (χ1n) is 8.17. The summed E-state index contributed by atoms with van der Waals surface area (Å²) in [6.07, 6.45) is 1.21. The maximum atomic E-state index is 11.8. The van der Waals surface area contributed by atoms with Crippen LogP contribution in [0.2, 0.25) is 5.02 Å². The van der Waals surface area contributed by atoms with Crippen LogP contribution in [0.1, 0.15) is 25.8 Å². The van der Waals surface area contributed by atoms with Gasteiger partial charge in [-0.1, -0.05) is 11.6 Å². The number of carbonyl (C=O) groups is 2. The lowest BCUT2D eigenvalue weighted by Gasteiger charge is -2.11. The van der Waals surface area contributed by atoms with E-state index in [2.05, 4.69) is 31.8 Å². The van der Waals surface area contributed by atoms with Crippen LogP contribution in [0.25, 0.3) is 0 Å². The molecule has 0 aromatic heterocycles. The molecule has 0 spiro atoms. The SMILES string of the molecule is CC(C)Oc1ccc(C=NNC(=O)CC(=O)Nc2ccc(Cl)cc2)cc1Br. The molecule has 0 heterocycles. The van der Waals surface area contributed by atoms with Gasteiger partial charge in [-0.25, -0.2) is 5.43 Å². The van der Waals surface area contributed by atoms with E-state index in [-0.39, 0.29) is 12.5 Å². The van der Waals surface area contributed by atoms with Crippen molar-refractivity contribution in [3.8, 4) is 5.75 Å². The molecular formula is C19H19BrClN3O3. The highest BCUT2D eigenvalue weighted by molar-refractivity contribution is 9.10. The lowest BCUT2D eigenvalue weighted by Crippen LogP contribution is -2.24. The predicted octanol–water partition coefficient (Wildman–Crippen LogP) is 4.37. The molecule has 6 nitrogen and oxygen atoms in total. The third-order valence-corrected chi connectivity index (χ3v) is 4.04. The largest absolute Gasteiger partial charge is 0.490 e. The third-order valence-electron chi connectivity index (χ3n) is 3.17. The van der Waals surface area contributed by atoms with E-state index in [0.29, 0.717) is 10.7 Å². The Hall–Kier alpha value is -2.38. The molecule has 0 saturated carbocycles. The Morgan fingerprint density at radius 3 is 2.52 bits per heavy atom. The number of carbonyl (C=O) groups excluding carboxylic acids is 2. The number of nitrogens with zero attached hydrogens (tertiary/aromatic N) is 1. The number of ether oxygens (including phenoxy) is 1. The highest BCUT2D eigenvalue weighted by Crippen LogP contribution is 2.26. The average molecular weight is 453 g/mol. The lowest BCUT2D eigenvalue weighted by molar-refractivity contribution is -0.126. The topological polar surface area (TPSA) is 79.8 Å². The monoisotopic (exact) mass is 451 g/mol. The van der Waals surface area contributed by atoms with Gasteiger partial charge in [0.25, 0.3) is 0 Å². The fourth-order valence-electron chi connectivity index (χ4n) is 2.05. The van der Waals surface area contributed by atoms with E-state index < -0.39 is 11.8 Å². The van der Waals surface area contributed by atoms with Gasteiger partial charge < -0.3 is 10.1 Å². The summed E-state index contributed by atoms with van der Waals surface area (Å²) >= 11 is 9.21. The molecule has 0 aliphatic heterocycles. The van der Waals surface area contributed by atoms with E-state index in [4.69, 9.17) is 16.3 Å². The Bertz CT molecular complexity index is 839. The van der Waals surface area contributed by atoms with Gasteiger partial charge in [-0.05, 0) is 77.8 Å². The number of hydrogen-bond acceptors (Lipinski definition) is 4. The van der Waals surface area contributed by atoms with E-state index in [1.807, 2.05) is 32.0 Å². The molecule has 2 amide bonds. The van der Waals surface area contributed by atoms with Crippen LogP contribution in [0.15, 0.2) is 52.0 Å². The molecule has 2 aromatic carbocycles. The fourth-order valence-corrected chi connectivity index (χ4v) is 2.67. The van der Waals surface area contributed by atoms with Gasteiger partial charge in [0.05, 0.1) is 16.8 Å². The van der Waals surface area contributed by atoms with Crippen molar-refractivity contribution in [2.45, 2.75) is 26.4 Å². The Kier molecular flexibility index (Phi) is 7.82. The Balaban J connectivity index is 1.83. The van der Waals surface area contributed by atoms with Crippen molar-refractivity contribution in [2.24, 2.45) is 5.10 Å². The molecule has 0 bridgehead atoms. The molecule has 2 rings (SSSR count). The van der Waals surface area contributed by atoms with Gasteiger partial charge >= 0.3 is 0 Å². The van der Waals surface area contributed by atoms with Gasteiger partial charge in [-0.2, -0.15) is 5.10 Å². The van der Waals surface area contributed by atoms with Crippen molar-refractivity contribution < 1.29 is 14.3 Å². The van der Waals surface area contributed by atoms with E-state index in [1.165, 1.54) is 6.21 Å². The van der Waals surface area contributed by atoms with Crippen LogP contribution in [0, 0.1) is 0 Å². The van der Waals surface area contributed by atoms with Gasteiger partial charge in [0, 0.05) is 10.7 Å². The second kappa shape index (κ2) is 10.1. The number of rotatable bonds is 7. The quantitative estimate of drug-likeness (QED) is 0.372. The number of halogens is 2. The summed E-state index contributed by atoms with van der Waals surface area (Å²) in [6, 6.07) is 12.1. The molecule has 0 fully saturated rings. The Labute approximate surface area is 171 Å². The van der Waals surface area contributed by atoms with Gasteiger partial charge in [-0.15, -0.1) is 0 Å². The third kappa shape index (κ3) is 7.40. The maximum absolute atomic E-state index is 11.8. The van der Waals surface area contributed by atoms with E-state index in [9.17, 15) is 9.59 Å². The summed E-state index contributed by atoms with van der Waals surface area (Å²) in [5.41, 5.74) is 3.66. The molecule has 0 aliphatic rings. The number of hydrogen-bond donors (Lipinski definition) is 2. The predicted molar refractivity (Wildman–Crippen MR) is 110 cm³/mol. The van der Waals surface area contributed by atoms with E-state index >= 15 is 0 Å². The molecule has 8 heteroatoms. The summed E-state index contributed by atoms with van der Waals surface area (Å²) in [4.78, 5) is 23.6. The number of nitrogens with one attached hydrogen (secondary N) is 2. The van der Waals surface area contributed by atoms with Gasteiger partial charge in [0.1, 0.15) is 12.2 Å². The molecule has 2 N–H and O–H groups in total. The first-order chi connectivity index (χ1) is 12.8. The first kappa shape index (κ1) is 20.9. The summed E-state index contributed by atoms with van der Waals surface area (Å²) in [6.45, 7) is 3.89. The van der Waals surface area contributed by atoms with Crippen molar-refractivity contribution in [3.63, 3.8) is 0 Å². The summed E-state index contributed by atoms with van der Waals surface area (Å²) in [5.74, 6) is -0.232. The average Bonchev–Trinajstić information content (AvgIpc) is 2.59. The zero-order valence-electron chi connectivity index (χ0n) is 14.8. The van der Waals surface area contributed by atoms with Crippen molar-refractivity contribution in [1.29, 1.82) is 0 Å². The van der Waals surface area contributed by atoms with Gasteiger partial charge in [0.2, 0.25) is 11.8 Å². The zero-order valence-corrected chi connectivity index (χ0v) is 17.2. The number of amides is 2. The van der Waals surface area contributed by atoms with Gasteiger partial charge in [-0.3, -0.25) is 9.59 Å². The van der Waals surface area contributed by atoms with Crippen LogP contribution >= 0.6 is 27.5 Å². The molecule has 0 radical (unpaired) electrons. The molecule has 0 atom stereocenters. The number of anilines is 1. The first-order valence-corrected chi connectivity index (χ1v) is 9.34. The minimum Gasteiger partial charge on any atom is -0.490 e. The minimum absolute atomic E-state index is 0.0686. The molecule has 142 valence electrons.